The van der Waals surface area contributed by atoms with E-state index in [0.29, 0.717) is 4.25 Å². The first kappa shape index (κ1) is 9.57. The van der Waals surface area contributed by atoms with Gasteiger partial charge < -0.3 is 0 Å². The normalized spacial score (nSPS) is 34.9. The molecule has 0 nitrogen and oxygen atoms in total. The fourth-order valence-corrected chi connectivity index (χ4v) is 9.79. The van der Waals surface area contributed by atoms with E-state index in [1.165, 1.54) is 6.42 Å². The Morgan fingerprint density at radius 3 is 2.15 bits per heavy atom. The van der Waals surface area contributed by atoms with E-state index in [2.05, 4.69) is 33.8 Å². The van der Waals surface area contributed by atoms with E-state index in [4.69, 9.17) is 0 Å². The number of hydrogen-bond donors (Lipinski definition) is 0. The average molecular weight is 237 g/mol. The first-order valence-electron chi connectivity index (χ1n) is 5.43. The maximum absolute atomic E-state index is 2.58. The molecule has 2 rings (SSSR count). The number of hydrogen-bond acceptors (Lipinski definition) is 0. The van der Waals surface area contributed by atoms with Crippen LogP contribution in [-0.2, 0) is 0 Å². The van der Waals surface area contributed by atoms with Crippen LogP contribution >= 0.6 is 0 Å². The van der Waals surface area contributed by atoms with E-state index >= 15 is 0 Å². The van der Waals surface area contributed by atoms with Gasteiger partial charge in [-0.3, -0.25) is 0 Å². The Labute approximate surface area is 86.2 Å². The van der Waals surface area contributed by atoms with Crippen molar-refractivity contribution in [1.29, 1.82) is 0 Å². The van der Waals surface area contributed by atoms with Crippen LogP contribution in [0.4, 0.5) is 0 Å². The molecule has 2 aliphatic rings. The molecule has 1 aliphatic heterocycles. The molecule has 1 unspecified atom stereocenters. The molecule has 0 aromatic rings. The van der Waals surface area contributed by atoms with Gasteiger partial charge in [-0.05, 0) is 0 Å². The Balaban J connectivity index is 2.34. The Morgan fingerprint density at radius 2 is 1.85 bits per heavy atom. The molecule has 0 N–H and O–H groups in total. The number of allylic oxidation sites excluding steroid dienone is 4. The van der Waals surface area contributed by atoms with Crippen LogP contribution < -0.4 is 0 Å². The summed E-state index contributed by atoms with van der Waals surface area (Å²) in [5.41, 5.74) is 4.84. The van der Waals surface area contributed by atoms with Crippen molar-refractivity contribution < 1.29 is 0 Å². The summed E-state index contributed by atoms with van der Waals surface area (Å²) in [6.07, 6.45) is 4.11. The van der Waals surface area contributed by atoms with Gasteiger partial charge in [0.25, 0.3) is 0 Å². The summed E-state index contributed by atoms with van der Waals surface area (Å²) in [5, 5.41) is 3.25. The zero-order chi connectivity index (χ0) is 9.64. The van der Waals surface area contributed by atoms with Crippen LogP contribution in [0.5, 0.6) is 0 Å². The molecule has 1 heterocycles. The Morgan fingerprint density at radius 1 is 1.23 bits per heavy atom. The zero-order valence-corrected chi connectivity index (χ0v) is 11.7. The van der Waals surface area contributed by atoms with Gasteiger partial charge in [0.1, 0.15) is 0 Å². The van der Waals surface area contributed by atoms with Crippen LogP contribution in [0, 0.1) is 0 Å². The molecule has 72 valence electrons. The first-order chi connectivity index (χ1) is 6.05. The summed E-state index contributed by atoms with van der Waals surface area (Å²) in [6.45, 7) is 9.45. The first-order valence-corrected chi connectivity index (χ1v) is 10.1. The second kappa shape index (κ2) is 3.01. The van der Waals surface area contributed by atoms with E-state index in [0.717, 1.165) is 0 Å². The summed E-state index contributed by atoms with van der Waals surface area (Å²) in [5.74, 6) is 0. The maximum atomic E-state index is 2.58. The predicted molar refractivity (Wildman–Crippen MR) is 61.9 cm³/mol. The fourth-order valence-electron chi connectivity index (χ4n) is 2.80. The topological polar surface area (TPSA) is 0 Å². The molecule has 1 heteroatoms. The van der Waals surface area contributed by atoms with Gasteiger partial charge in [0, 0.05) is 0 Å². The van der Waals surface area contributed by atoms with Gasteiger partial charge in [-0.15, -0.1) is 0 Å². The third-order valence-corrected chi connectivity index (χ3v) is 13.9. The van der Waals surface area contributed by atoms with Gasteiger partial charge in [-0.1, -0.05) is 0 Å². The van der Waals surface area contributed by atoms with Gasteiger partial charge in [0.05, 0.1) is 0 Å². The van der Waals surface area contributed by atoms with Crippen LogP contribution in [0.2, 0.25) is 14.8 Å². The van der Waals surface area contributed by atoms with Crippen molar-refractivity contribution in [3.05, 3.63) is 22.8 Å². The standard InChI is InChI=1S/C12H20Ge/c1-9-8-12(4,11(3)10(9)2)13-6-5-7-13/h8,13H,5-7H2,1-4H3. The Hall–Kier alpha value is 0.0229. The predicted octanol–water partition coefficient (Wildman–Crippen LogP) is 3.67. The van der Waals surface area contributed by atoms with Crippen LogP contribution in [0.1, 0.15) is 34.1 Å². The van der Waals surface area contributed by atoms with Crippen molar-refractivity contribution in [3.8, 4) is 0 Å². The molecule has 0 aromatic carbocycles. The van der Waals surface area contributed by atoms with Crippen molar-refractivity contribution in [2.24, 2.45) is 0 Å². The Bertz CT molecular complexity index is 294. The van der Waals surface area contributed by atoms with Crippen molar-refractivity contribution in [3.63, 3.8) is 0 Å². The molecule has 0 amide bonds. The average Bonchev–Trinajstić information content (AvgIpc) is 2.12. The minimum atomic E-state index is -0.916. The van der Waals surface area contributed by atoms with E-state index < -0.39 is 14.3 Å². The van der Waals surface area contributed by atoms with Gasteiger partial charge >= 0.3 is 86.0 Å². The van der Waals surface area contributed by atoms with Gasteiger partial charge in [-0.25, -0.2) is 0 Å². The van der Waals surface area contributed by atoms with Crippen LogP contribution in [-0.4, -0.2) is 14.3 Å². The second-order valence-corrected chi connectivity index (χ2v) is 12.9. The van der Waals surface area contributed by atoms with Crippen molar-refractivity contribution >= 4 is 14.3 Å². The van der Waals surface area contributed by atoms with E-state index in [-0.39, 0.29) is 0 Å². The van der Waals surface area contributed by atoms with Crippen LogP contribution in [0.15, 0.2) is 22.8 Å². The molecule has 0 bridgehead atoms. The third kappa shape index (κ3) is 1.25. The molecule has 13 heavy (non-hydrogen) atoms. The fraction of sp³-hybridized carbons (Fsp3) is 0.667. The molecule has 0 saturated carbocycles. The molecular formula is C12H20Ge. The molecule has 1 atom stereocenters. The SMILES string of the molecule is CC1=C[C](C)([GeH]2[CH2]C[CH2]2)C(C)=C1C. The molecule has 0 spiro atoms. The van der Waals surface area contributed by atoms with Gasteiger partial charge in [0.2, 0.25) is 0 Å². The van der Waals surface area contributed by atoms with E-state index in [1.54, 1.807) is 27.2 Å². The van der Waals surface area contributed by atoms with E-state index in [1.807, 2.05) is 0 Å². The quantitative estimate of drug-likeness (QED) is 0.610. The van der Waals surface area contributed by atoms with Crippen LogP contribution in [0.3, 0.4) is 0 Å². The van der Waals surface area contributed by atoms with Crippen molar-refractivity contribution in [2.75, 3.05) is 0 Å². The second-order valence-electron chi connectivity index (χ2n) is 4.99. The molecule has 0 aromatic heterocycles. The molecular weight excluding hydrogens is 217 g/mol. The summed E-state index contributed by atoms with van der Waals surface area (Å²) in [6, 6.07) is 0. The summed E-state index contributed by atoms with van der Waals surface area (Å²) in [7, 11) is 0. The van der Waals surface area contributed by atoms with Crippen molar-refractivity contribution in [1.82, 2.24) is 0 Å². The molecule has 1 aliphatic carbocycles. The van der Waals surface area contributed by atoms with Gasteiger partial charge in [0.15, 0.2) is 0 Å². The molecule has 0 radical (unpaired) electrons. The summed E-state index contributed by atoms with van der Waals surface area (Å²) < 4.78 is 0.597. The summed E-state index contributed by atoms with van der Waals surface area (Å²) in [4.78, 5) is 0. The zero-order valence-electron chi connectivity index (χ0n) is 9.28. The van der Waals surface area contributed by atoms with Crippen LogP contribution in [0.25, 0.3) is 0 Å². The number of rotatable bonds is 1. The van der Waals surface area contributed by atoms with Crippen molar-refractivity contribution in [2.45, 2.75) is 48.9 Å². The molecule has 1 fully saturated rings. The third-order valence-electron chi connectivity index (χ3n) is 4.43. The minimum absolute atomic E-state index is 0.597. The summed E-state index contributed by atoms with van der Waals surface area (Å²) >= 11 is -0.916. The Kier molecular flexibility index (Phi) is 2.22. The molecule has 1 saturated heterocycles. The van der Waals surface area contributed by atoms with E-state index in [9.17, 15) is 0 Å². The van der Waals surface area contributed by atoms with Gasteiger partial charge in [-0.2, -0.15) is 0 Å². The monoisotopic (exact) mass is 238 g/mol.